The zero-order valence-corrected chi connectivity index (χ0v) is 39.1. The van der Waals surface area contributed by atoms with E-state index in [1.54, 1.807) is 6.34 Å². The molecule has 2 aliphatic carbocycles. The summed E-state index contributed by atoms with van der Waals surface area (Å²) >= 11 is 0. The Bertz CT molecular complexity index is 4130. The van der Waals surface area contributed by atoms with Crippen LogP contribution in [0.4, 0.5) is 11.4 Å². The van der Waals surface area contributed by atoms with Gasteiger partial charge in [-0.25, -0.2) is 20.0 Å². The Morgan fingerprint density at radius 3 is 1.86 bits per heavy atom. The van der Waals surface area contributed by atoms with Gasteiger partial charge in [-0.3, -0.25) is 13.7 Å². The second-order valence-corrected chi connectivity index (χ2v) is 20.6. The number of hydrogen-bond acceptors (Lipinski definition) is 8. The van der Waals surface area contributed by atoms with Gasteiger partial charge in [-0.05, 0) is 118 Å². The minimum Gasteiger partial charge on any atom is -0.379 e. The molecule has 0 amide bonds. The molecule has 5 aliphatic rings. The first kappa shape index (κ1) is 39.6. The van der Waals surface area contributed by atoms with Crippen LogP contribution in [0.5, 0.6) is 0 Å². The second kappa shape index (κ2) is 14.0. The smallest absolute Gasteiger partial charge is 0.236 e. The van der Waals surface area contributed by atoms with Crippen molar-refractivity contribution in [1.29, 1.82) is 0 Å². The summed E-state index contributed by atoms with van der Waals surface area (Å²) < 4.78 is 8.76. The predicted molar refractivity (Wildman–Crippen MR) is 276 cm³/mol. The van der Waals surface area contributed by atoms with Crippen molar-refractivity contribution in [3.63, 3.8) is 0 Å². The summed E-state index contributed by atoms with van der Waals surface area (Å²) in [6.45, 7) is 13.2. The lowest BCUT2D eigenvalue weighted by atomic mass is 9.88. The largest absolute Gasteiger partial charge is 0.379 e. The first-order valence-corrected chi connectivity index (χ1v) is 23.6. The molecule has 0 bridgehead atoms. The Kier molecular flexibility index (Phi) is 8.05. The molecule has 12 heteroatoms. The average Bonchev–Trinajstić information content (AvgIpc) is 4.17. The third-order valence-electron chi connectivity index (χ3n) is 13.8. The van der Waals surface area contributed by atoms with Crippen LogP contribution in [0.2, 0.25) is 0 Å². The Hall–Kier alpha value is -8.51. The van der Waals surface area contributed by atoms with Crippen LogP contribution in [-0.4, -0.2) is 50.6 Å². The highest BCUT2D eigenvalue weighted by molar-refractivity contribution is 6.09. The van der Waals surface area contributed by atoms with Gasteiger partial charge in [0.25, 0.3) is 0 Å². The summed E-state index contributed by atoms with van der Waals surface area (Å²) in [7, 11) is 0. The number of nitrogens with one attached hydrogen (secondary N) is 3. The van der Waals surface area contributed by atoms with Crippen molar-refractivity contribution >= 4 is 67.4 Å². The molecule has 336 valence electrons. The van der Waals surface area contributed by atoms with E-state index in [-0.39, 0.29) is 17.0 Å². The summed E-state index contributed by atoms with van der Waals surface area (Å²) in [4.78, 5) is 25.3. The highest BCUT2D eigenvalue weighted by Gasteiger charge is 2.32. The Morgan fingerprint density at radius 1 is 0.594 bits per heavy atom. The topological polar surface area (TPSA) is 119 Å². The van der Waals surface area contributed by atoms with Gasteiger partial charge in [0.1, 0.15) is 24.8 Å². The van der Waals surface area contributed by atoms with Gasteiger partial charge in [-0.15, -0.1) is 0 Å². The molecule has 0 spiro atoms. The number of nitrogens with zero attached hydrogens (tertiary/aromatic N) is 9. The van der Waals surface area contributed by atoms with E-state index in [0.717, 1.165) is 77.6 Å². The number of aliphatic imine (C=N–C) groups is 1. The number of anilines is 2. The number of fused-ring (bicyclic) bond motifs is 8. The van der Waals surface area contributed by atoms with Crippen LogP contribution in [-0.2, 0) is 0 Å². The highest BCUT2D eigenvalue weighted by atomic mass is 15.4. The molecule has 14 rings (SSSR count). The first-order chi connectivity index (χ1) is 33.5. The molecule has 3 aliphatic heterocycles. The zero-order valence-electron chi connectivity index (χ0n) is 39.1. The lowest BCUT2D eigenvalue weighted by molar-refractivity contribution is 0.419. The van der Waals surface area contributed by atoms with Crippen molar-refractivity contribution in [2.75, 3.05) is 10.6 Å². The molecule has 12 nitrogen and oxygen atoms in total. The summed E-state index contributed by atoms with van der Waals surface area (Å²) in [6.07, 6.45) is 4.97. The molecular formula is C57H48N12. The van der Waals surface area contributed by atoms with Crippen LogP contribution in [0.3, 0.4) is 0 Å². The maximum absolute atomic E-state index is 5.31. The van der Waals surface area contributed by atoms with E-state index in [1.807, 2.05) is 12.7 Å². The fourth-order valence-corrected chi connectivity index (χ4v) is 11.3. The van der Waals surface area contributed by atoms with Crippen molar-refractivity contribution in [2.24, 2.45) is 9.98 Å². The summed E-state index contributed by atoms with van der Waals surface area (Å²) in [5.74, 6) is 1.69. The van der Waals surface area contributed by atoms with Crippen LogP contribution >= 0.6 is 0 Å². The number of para-hydroxylation sites is 2. The Labute approximate surface area is 396 Å². The molecule has 3 aromatic heterocycles. The normalized spacial score (nSPS) is 15.3. The third kappa shape index (κ3) is 5.90. The molecule has 0 radical (unpaired) electrons. The maximum atomic E-state index is 5.31. The fraction of sp³-hybridized carbons (Fsp3) is 0.175. The van der Waals surface area contributed by atoms with Crippen LogP contribution in [0.25, 0.3) is 72.3 Å². The van der Waals surface area contributed by atoms with Crippen LogP contribution in [0.1, 0.15) is 70.4 Å². The van der Waals surface area contributed by atoms with Crippen molar-refractivity contribution < 1.29 is 0 Å². The van der Waals surface area contributed by atoms with Crippen molar-refractivity contribution in [1.82, 2.24) is 38.5 Å². The monoisotopic (exact) mass is 900 g/mol. The minimum atomic E-state index is -0.486. The number of hydrogen-bond donors (Lipinski definition) is 3. The second-order valence-electron chi connectivity index (χ2n) is 20.6. The molecule has 6 aromatic carbocycles. The summed E-state index contributed by atoms with van der Waals surface area (Å²) in [6, 6.07) is 48.2. The minimum absolute atomic E-state index is 0.0780. The number of imidazole rings is 2. The van der Waals surface area contributed by atoms with E-state index >= 15 is 0 Å². The molecule has 6 heterocycles. The Balaban J connectivity index is 0.987. The predicted octanol–water partition coefficient (Wildman–Crippen LogP) is 10.3. The molecule has 0 saturated heterocycles. The van der Waals surface area contributed by atoms with Crippen LogP contribution < -0.4 is 26.8 Å². The number of rotatable bonds is 6. The average molecular weight is 901 g/mol. The molecule has 0 saturated carbocycles. The van der Waals surface area contributed by atoms with Crippen molar-refractivity contribution in [2.45, 2.75) is 64.8 Å². The standard InChI is InChI=1S/C57H48N12/c1-56(2,3)64-44-26-32(48-38-19-9-7-15-34(38)35-16-8-10-20-39(35)48)25-42-50(44)66(30-60-42)52-40-23-24-41-49(40)69-54(62-52)58-29-59-55(69)63-53(41)67-31-61-43-27-33(28-45(51(43)67)65-57(4,5)6)68-46-21-13-11-17-36(46)37-18-12-14-22-47(37)68/h7-31,48,54,62,64-65H,1-6H3. The van der Waals surface area contributed by atoms with E-state index in [2.05, 4.69) is 209 Å². The molecule has 1 unspecified atom stereocenters. The highest BCUT2D eigenvalue weighted by Crippen LogP contribution is 2.49. The van der Waals surface area contributed by atoms with Crippen LogP contribution in [0, 0.1) is 10.6 Å². The van der Waals surface area contributed by atoms with E-state index in [9.17, 15) is 0 Å². The number of aromatic nitrogens is 7. The van der Waals surface area contributed by atoms with Crippen molar-refractivity contribution in [3.05, 3.63) is 184 Å². The van der Waals surface area contributed by atoms with Gasteiger partial charge in [0.15, 0.2) is 5.82 Å². The lowest BCUT2D eigenvalue weighted by Gasteiger charge is -2.29. The fourth-order valence-electron chi connectivity index (χ4n) is 11.3. The van der Waals surface area contributed by atoms with E-state index in [4.69, 9.17) is 24.9 Å². The van der Waals surface area contributed by atoms with Crippen molar-refractivity contribution in [3.8, 4) is 22.6 Å². The molecular weight excluding hydrogens is 853 g/mol. The van der Waals surface area contributed by atoms with Gasteiger partial charge in [-0.1, -0.05) is 84.9 Å². The van der Waals surface area contributed by atoms with Gasteiger partial charge in [0.05, 0.1) is 55.5 Å². The van der Waals surface area contributed by atoms with Gasteiger partial charge in [0, 0.05) is 38.2 Å². The molecule has 69 heavy (non-hydrogen) atoms. The summed E-state index contributed by atoms with van der Waals surface area (Å²) in [5, 5.41) is 16.9. The molecule has 1 atom stereocenters. The molecule has 3 N–H and O–H groups in total. The third-order valence-corrected chi connectivity index (χ3v) is 13.8. The van der Waals surface area contributed by atoms with Gasteiger partial charge in [-0.2, -0.15) is 4.98 Å². The molecule has 9 aromatic rings. The SMILES string of the molecule is CC(C)(C)Nc1cc(C2c3ccccc3-c3ccccc32)cc2ncn(C3=c4ccc5c(-n6cnc7cc(-n8c9ccccc9c9ccccc98)cc(NC(C)(C)C)c76)nc6n(c4=5)C(N=CN=6)N3)c12. The van der Waals surface area contributed by atoms with Gasteiger partial charge in [0.2, 0.25) is 11.9 Å². The van der Waals surface area contributed by atoms with Gasteiger partial charge < -0.3 is 20.5 Å². The summed E-state index contributed by atoms with van der Waals surface area (Å²) in [5.41, 5.74) is 15.4. The lowest BCUT2D eigenvalue weighted by Crippen LogP contribution is -2.45. The van der Waals surface area contributed by atoms with E-state index < -0.39 is 6.29 Å². The number of benzene rings is 6. The molecule has 0 fully saturated rings. The zero-order chi connectivity index (χ0) is 46.5. The maximum Gasteiger partial charge on any atom is 0.236 e. The Morgan fingerprint density at radius 2 is 1.17 bits per heavy atom. The van der Waals surface area contributed by atoms with Gasteiger partial charge >= 0.3 is 0 Å². The van der Waals surface area contributed by atoms with E-state index in [0.29, 0.717) is 5.62 Å². The van der Waals surface area contributed by atoms with E-state index in [1.165, 1.54) is 38.6 Å². The quantitative estimate of drug-likeness (QED) is 0.153. The van der Waals surface area contributed by atoms with Crippen LogP contribution in [0.15, 0.2) is 156 Å². The first-order valence-electron chi connectivity index (χ1n) is 23.6.